The van der Waals surface area contributed by atoms with Gasteiger partial charge in [0.2, 0.25) is 0 Å². The summed E-state index contributed by atoms with van der Waals surface area (Å²) in [6.07, 6.45) is -3.09. The Morgan fingerprint density at radius 1 is 1.33 bits per heavy atom. The van der Waals surface area contributed by atoms with Gasteiger partial charge < -0.3 is 10.1 Å². The molecule has 2 aromatic rings. The van der Waals surface area contributed by atoms with Crippen LogP contribution in [0.2, 0.25) is 0 Å². The molecule has 1 heterocycles. The second-order valence-corrected chi connectivity index (χ2v) is 5.27. The number of nitrogens with one attached hydrogen (secondary N) is 1. The molecule has 1 N–H and O–H groups in total. The monoisotopic (exact) mass is 341 g/mol. The van der Waals surface area contributed by atoms with Crippen molar-refractivity contribution >= 4 is 5.91 Å². The third-order valence-corrected chi connectivity index (χ3v) is 3.57. The molecule has 2 rings (SSSR count). The Balaban J connectivity index is 2.23. The first-order valence-corrected chi connectivity index (χ1v) is 7.32. The van der Waals surface area contributed by atoms with Crippen LogP contribution in [0.1, 0.15) is 41.0 Å². The van der Waals surface area contributed by atoms with E-state index < -0.39 is 29.4 Å². The number of ether oxygens (including phenoxy) is 1. The SMILES string of the molecule is CCC(NC(=O)c1cn(C)nc1C(F)(F)F)c1ccc(OC)cc1. The Bertz CT molecular complexity index is 708. The number of alkyl halides is 3. The molecule has 130 valence electrons. The number of hydrogen-bond acceptors (Lipinski definition) is 3. The molecule has 1 aromatic heterocycles. The van der Waals surface area contributed by atoms with E-state index in [9.17, 15) is 18.0 Å². The number of amides is 1. The summed E-state index contributed by atoms with van der Waals surface area (Å²) < 4.78 is 45.0. The number of halogens is 3. The van der Waals surface area contributed by atoms with Crippen molar-refractivity contribution in [2.45, 2.75) is 25.6 Å². The summed E-state index contributed by atoms with van der Waals surface area (Å²) in [6, 6.07) is 6.58. The standard InChI is InChI=1S/C16H18F3N3O2/c1-4-13(10-5-7-11(24-3)8-6-10)20-15(23)12-9-22(2)21-14(12)16(17,18)19/h5-9,13H,4H2,1-3H3,(H,20,23). The number of aromatic nitrogens is 2. The van der Waals surface area contributed by atoms with Gasteiger partial charge in [-0.05, 0) is 24.1 Å². The number of carbonyl (C=O) groups excluding carboxylic acids is 1. The summed E-state index contributed by atoms with van der Waals surface area (Å²) in [6.45, 7) is 1.84. The molecule has 0 saturated heterocycles. The van der Waals surface area contributed by atoms with Crippen LogP contribution < -0.4 is 10.1 Å². The van der Waals surface area contributed by atoms with E-state index in [2.05, 4.69) is 10.4 Å². The summed E-state index contributed by atoms with van der Waals surface area (Å²) in [7, 11) is 2.88. The van der Waals surface area contributed by atoms with Crippen LogP contribution in [-0.2, 0) is 13.2 Å². The van der Waals surface area contributed by atoms with Crippen molar-refractivity contribution < 1.29 is 22.7 Å². The smallest absolute Gasteiger partial charge is 0.435 e. The summed E-state index contributed by atoms with van der Waals surface area (Å²) >= 11 is 0. The molecule has 0 aliphatic heterocycles. The van der Waals surface area contributed by atoms with Gasteiger partial charge in [-0.25, -0.2) is 0 Å². The van der Waals surface area contributed by atoms with Crippen LogP contribution in [0.15, 0.2) is 30.5 Å². The minimum atomic E-state index is -4.68. The van der Waals surface area contributed by atoms with Gasteiger partial charge >= 0.3 is 6.18 Å². The predicted molar refractivity (Wildman–Crippen MR) is 81.7 cm³/mol. The molecular formula is C16H18F3N3O2. The van der Waals surface area contributed by atoms with Gasteiger partial charge in [-0.3, -0.25) is 9.48 Å². The van der Waals surface area contributed by atoms with Gasteiger partial charge in [0.1, 0.15) is 5.75 Å². The Morgan fingerprint density at radius 2 is 1.96 bits per heavy atom. The minimum absolute atomic E-state index is 0.412. The number of rotatable bonds is 5. The zero-order valence-corrected chi connectivity index (χ0v) is 13.5. The summed E-state index contributed by atoms with van der Waals surface area (Å²) in [5.41, 5.74) is -0.895. The van der Waals surface area contributed by atoms with E-state index in [0.717, 1.165) is 16.4 Å². The van der Waals surface area contributed by atoms with E-state index in [-0.39, 0.29) is 0 Å². The van der Waals surface area contributed by atoms with Gasteiger partial charge in [0.25, 0.3) is 5.91 Å². The van der Waals surface area contributed by atoms with Crippen LogP contribution in [-0.4, -0.2) is 22.8 Å². The van der Waals surface area contributed by atoms with E-state index in [1.54, 1.807) is 24.3 Å². The molecule has 0 aliphatic carbocycles. The normalized spacial score (nSPS) is 12.8. The lowest BCUT2D eigenvalue weighted by Crippen LogP contribution is -2.29. The number of aryl methyl sites for hydroxylation is 1. The van der Waals surface area contributed by atoms with Crippen molar-refractivity contribution in [1.82, 2.24) is 15.1 Å². The Morgan fingerprint density at radius 3 is 2.46 bits per heavy atom. The number of nitrogens with zero attached hydrogens (tertiary/aromatic N) is 2. The van der Waals surface area contributed by atoms with E-state index in [1.807, 2.05) is 6.92 Å². The first kappa shape index (κ1) is 17.8. The third kappa shape index (κ3) is 3.87. The molecule has 1 aromatic carbocycles. The Labute approximate surface area is 137 Å². The zero-order chi connectivity index (χ0) is 17.9. The molecule has 8 heteroatoms. The highest BCUT2D eigenvalue weighted by Crippen LogP contribution is 2.31. The quantitative estimate of drug-likeness (QED) is 0.908. The maximum atomic E-state index is 13.0. The van der Waals surface area contributed by atoms with Crippen LogP contribution in [0.25, 0.3) is 0 Å². The van der Waals surface area contributed by atoms with E-state index in [0.29, 0.717) is 12.2 Å². The fraction of sp³-hybridized carbons (Fsp3) is 0.375. The van der Waals surface area contributed by atoms with Crippen molar-refractivity contribution in [3.63, 3.8) is 0 Å². The Hall–Kier alpha value is -2.51. The maximum Gasteiger partial charge on any atom is 0.435 e. The maximum absolute atomic E-state index is 13.0. The molecular weight excluding hydrogens is 323 g/mol. The van der Waals surface area contributed by atoms with Crippen molar-refractivity contribution in [3.05, 3.63) is 47.3 Å². The minimum Gasteiger partial charge on any atom is -0.497 e. The molecule has 24 heavy (non-hydrogen) atoms. The van der Waals surface area contributed by atoms with Crippen LogP contribution >= 0.6 is 0 Å². The summed E-state index contributed by atoms with van der Waals surface area (Å²) in [4.78, 5) is 12.3. The highest BCUT2D eigenvalue weighted by atomic mass is 19.4. The van der Waals surface area contributed by atoms with E-state index >= 15 is 0 Å². The molecule has 0 fully saturated rings. The third-order valence-electron chi connectivity index (χ3n) is 3.57. The molecule has 0 saturated carbocycles. The largest absolute Gasteiger partial charge is 0.497 e. The highest BCUT2D eigenvalue weighted by Gasteiger charge is 2.39. The van der Waals surface area contributed by atoms with Crippen LogP contribution in [0, 0.1) is 0 Å². The predicted octanol–water partition coefficient (Wildman–Crippen LogP) is 3.33. The van der Waals surface area contributed by atoms with Gasteiger partial charge in [-0.1, -0.05) is 19.1 Å². The van der Waals surface area contributed by atoms with Crippen LogP contribution in [0.5, 0.6) is 5.75 Å². The number of carbonyl (C=O) groups is 1. The van der Waals surface area contributed by atoms with E-state index in [4.69, 9.17) is 4.74 Å². The highest BCUT2D eigenvalue weighted by molar-refractivity contribution is 5.95. The van der Waals surface area contributed by atoms with Gasteiger partial charge in [0.15, 0.2) is 5.69 Å². The fourth-order valence-corrected chi connectivity index (χ4v) is 2.36. The molecule has 5 nitrogen and oxygen atoms in total. The van der Waals surface area contributed by atoms with Crippen molar-refractivity contribution in [1.29, 1.82) is 0 Å². The van der Waals surface area contributed by atoms with Crippen molar-refractivity contribution in [2.75, 3.05) is 7.11 Å². The van der Waals surface area contributed by atoms with Gasteiger partial charge in [0, 0.05) is 13.2 Å². The molecule has 0 bridgehead atoms. The number of methoxy groups -OCH3 is 1. The van der Waals surface area contributed by atoms with E-state index in [1.165, 1.54) is 14.2 Å². The average molecular weight is 341 g/mol. The lowest BCUT2D eigenvalue weighted by Gasteiger charge is -2.18. The first-order chi connectivity index (χ1) is 11.3. The summed E-state index contributed by atoms with van der Waals surface area (Å²) in [5.74, 6) is -0.148. The molecule has 1 unspecified atom stereocenters. The Kier molecular flexibility index (Phi) is 5.16. The molecule has 0 spiro atoms. The molecule has 0 radical (unpaired) electrons. The van der Waals surface area contributed by atoms with Gasteiger partial charge in [-0.15, -0.1) is 0 Å². The van der Waals surface area contributed by atoms with Gasteiger partial charge in [-0.2, -0.15) is 18.3 Å². The second-order valence-electron chi connectivity index (χ2n) is 5.27. The topological polar surface area (TPSA) is 56.2 Å². The van der Waals surface area contributed by atoms with Crippen LogP contribution in [0.4, 0.5) is 13.2 Å². The average Bonchev–Trinajstić information content (AvgIpc) is 2.95. The zero-order valence-electron chi connectivity index (χ0n) is 13.5. The lowest BCUT2D eigenvalue weighted by molar-refractivity contribution is -0.141. The summed E-state index contributed by atoms with van der Waals surface area (Å²) in [5, 5.41) is 5.98. The lowest BCUT2D eigenvalue weighted by atomic mass is 10.0. The second kappa shape index (κ2) is 6.94. The molecule has 1 amide bonds. The van der Waals surface area contributed by atoms with Gasteiger partial charge in [0.05, 0.1) is 18.7 Å². The van der Waals surface area contributed by atoms with Crippen LogP contribution in [0.3, 0.4) is 0 Å². The molecule has 1 atom stereocenters. The number of hydrogen-bond donors (Lipinski definition) is 1. The molecule has 0 aliphatic rings. The fourth-order valence-electron chi connectivity index (χ4n) is 2.36. The number of benzene rings is 1. The first-order valence-electron chi connectivity index (χ1n) is 7.32. The van der Waals surface area contributed by atoms with Crippen molar-refractivity contribution in [2.24, 2.45) is 7.05 Å². The van der Waals surface area contributed by atoms with Crippen molar-refractivity contribution in [3.8, 4) is 5.75 Å².